The molecule has 0 N–H and O–H groups in total. The molecular formula is C17H17NO3S. The van der Waals surface area contributed by atoms with E-state index in [9.17, 15) is 13.2 Å². The molecule has 1 aromatic rings. The van der Waals surface area contributed by atoms with Crippen LogP contribution >= 0.6 is 0 Å². The van der Waals surface area contributed by atoms with Gasteiger partial charge in [0.2, 0.25) is 0 Å². The van der Waals surface area contributed by atoms with Crippen LogP contribution in [0.15, 0.2) is 45.9 Å². The Morgan fingerprint density at radius 1 is 1.27 bits per heavy atom. The lowest BCUT2D eigenvalue weighted by atomic mass is 10.0. The van der Waals surface area contributed by atoms with Gasteiger partial charge in [-0.1, -0.05) is 13.0 Å². The summed E-state index contributed by atoms with van der Waals surface area (Å²) in [5.74, 6) is 0.0338. The number of nitrogens with zero attached hydrogens (tertiary/aromatic N) is 1. The van der Waals surface area contributed by atoms with E-state index < -0.39 is 9.84 Å². The van der Waals surface area contributed by atoms with Gasteiger partial charge in [-0.3, -0.25) is 9.79 Å². The second-order valence-electron chi connectivity index (χ2n) is 5.68. The maximum Gasteiger partial charge on any atom is 0.175 e. The molecule has 0 spiro atoms. The van der Waals surface area contributed by atoms with Crippen LogP contribution in [0.4, 0.5) is 0 Å². The molecule has 0 aromatic heterocycles. The van der Waals surface area contributed by atoms with Gasteiger partial charge in [-0.15, -0.1) is 0 Å². The van der Waals surface area contributed by atoms with Gasteiger partial charge < -0.3 is 0 Å². The van der Waals surface area contributed by atoms with E-state index >= 15 is 0 Å². The number of carbonyl (C=O) groups excluding carboxylic acids is 1. The summed E-state index contributed by atoms with van der Waals surface area (Å²) in [5, 5.41) is 0. The number of benzene rings is 1. The highest BCUT2D eigenvalue weighted by Crippen LogP contribution is 2.33. The molecule has 0 saturated carbocycles. The predicted octanol–water partition coefficient (Wildman–Crippen LogP) is 2.74. The second-order valence-corrected chi connectivity index (χ2v) is 7.69. The third kappa shape index (κ3) is 2.68. The lowest BCUT2D eigenvalue weighted by Gasteiger charge is -2.04. The van der Waals surface area contributed by atoms with Crippen molar-refractivity contribution in [3.63, 3.8) is 0 Å². The summed E-state index contributed by atoms with van der Waals surface area (Å²) in [6.07, 6.45) is 6.81. The van der Waals surface area contributed by atoms with E-state index in [1.165, 1.54) is 6.26 Å². The van der Waals surface area contributed by atoms with Crippen molar-refractivity contribution in [1.29, 1.82) is 0 Å². The number of Topliss-reactive ketones (excluding diaryl/α,β-unsaturated/α-hetero) is 1. The summed E-state index contributed by atoms with van der Waals surface area (Å²) in [7, 11) is -3.28. The summed E-state index contributed by atoms with van der Waals surface area (Å²) >= 11 is 0. The zero-order valence-electron chi connectivity index (χ0n) is 12.6. The molecule has 22 heavy (non-hydrogen) atoms. The van der Waals surface area contributed by atoms with Gasteiger partial charge in [-0.25, -0.2) is 8.42 Å². The first kappa shape index (κ1) is 14.9. The molecule has 0 bridgehead atoms. The molecule has 1 aromatic carbocycles. The van der Waals surface area contributed by atoms with Crippen molar-refractivity contribution in [1.82, 2.24) is 0 Å². The predicted molar refractivity (Wildman–Crippen MR) is 86.7 cm³/mol. The number of sulfone groups is 1. The SMILES string of the molecule is CCC1=NC=C(/C=C2\C(=O)Cc3ccc(S(C)(=O)=O)cc32)C1. The van der Waals surface area contributed by atoms with Crippen LogP contribution < -0.4 is 0 Å². The summed E-state index contributed by atoms with van der Waals surface area (Å²) < 4.78 is 23.4. The zero-order valence-corrected chi connectivity index (χ0v) is 13.4. The van der Waals surface area contributed by atoms with Crippen LogP contribution in [0, 0.1) is 0 Å². The smallest absolute Gasteiger partial charge is 0.175 e. The van der Waals surface area contributed by atoms with Crippen LogP contribution in [0.2, 0.25) is 0 Å². The molecule has 0 fully saturated rings. The fourth-order valence-corrected chi connectivity index (χ4v) is 3.41. The lowest BCUT2D eigenvalue weighted by molar-refractivity contribution is -0.112. The van der Waals surface area contributed by atoms with E-state index in [4.69, 9.17) is 0 Å². The van der Waals surface area contributed by atoms with Gasteiger partial charge in [0.05, 0.1) is 4.90 Å². The Kier molecular flexibility index (Phi) is 3.60. The number of aliphatic imine (C=N–C) groups is 1. The normalized spacial score (nSPS) is 19.4. The van der Waals surface area contributed by atoms with E-state index in [2.05, 4.69) is 11.9 Å². The van der Waals surface area contributed by atoms with Gasteiger partial charge in [-0.2, -0.15) is 0 Å². The summed E-state index contributed by atoms with van der Waals surface area (Å²) in [6, 6.07) is 4.91. The van der Waals surface area contributed by atoms with Gasteiger partial charge in [0, 0.05) is 36.6 Å². The largest absolute Gasteiger partial charge is 0.294 e. The zero-order chi connectivity index (χ0) is 15.9. The number of rotatable bonds is 3. The van der Waals surface area contributed by atoms with Crippen molar-refractivity contribution in [2.75, 3.05) is 6.26 Å². The highest BCUT2D eigenvalue weighted by molar-refractivity contribution is 7.90. The topological polar surface area (TPSA) is 63.6 Å². The average molecular weight is 315 g/mol. The average Bonchev–Trinajstić information content (AvgIpc) is 3.03. The van der Waals surface area contributed by atoms with Crippen LogP contribution in [-0.4, -0.2) is 26.2 Å². The van der Waals surface area contributed by atoms with Crippen molar-refractivity contribution in [3.05, 3.63) is 47.2 Å². The molecule has 0 atom stereocenters. The highest BCUT2D eigenvalue weighted by atomic mass is 32.2. The Morgan fingerprint density at radius 2 is 2.05 bits per heavy atom. The third-order valence-corrected chi connectivity index (χ3v) is 5.12. The molecule has 0 radical (unpaired) electrons. The number of fused-ring (bicyclic) bond motifs is 1. The van der Waals surface area contributed by atoms with Crippen molar-refractivity contribution in [2.24, 2.45) is 4.99 Å². The minimum Gasteiger partial charge on any atom is -0.294 e. The Balaban J connectivity index is 2.01. The monoisotopic (exact) mass is 315 g/mol. The van der Waals surface area contributed by atoms with Gasteiger partial charge in [0.1, 0.15) is 0 Å². The van der Waals surface area contributed by atoms with Crippen LogP contribution in [0.3, 0.4) is 0 Å². The van der Waals surface area contributed by atoms with E-state index in [0.29, 0.717) is 12.0 Å². The van der Waals surface area contributed by atoms with Gasteiger partial charge in [0.25, 0.3) is 0 Å². The minimum absolute atomic E-state index is 0.0338. The van der Waals surface area contributed by atoms with E-state index in [-0.39, 0.29) is 10.7 Å². The summed E-state index contributed by atoms with van der Waals surface area (Å²) in [6.45, 7) is 2.05. The van der Waals surface area contributed by atoms with Crippen LogP contribution in [0.5, 0.6) is 0 Å². The highest BCUT2D eigenvalue weighted by Gasteiger charge is 2.26. The van der Waals surface area contributed by atoms with Crippen LogP contribution in [0.25, 0.3) is 5.57 Å². The van der Waals surface area contributed by atoms with Gasteiger partial charge in [-0.05, 0) is 41.3 Å². The molecule has 1 aliphatic carbocycles. The molecule has 0 amide bonds. The Labute approximate surface area is 130 Å². The molecule has 2 aliphatic rings. The molecule has 1 aliphatic heterocycles. The maximum atomic E-state index is 12.2. The van der Waals surface area contributed by atoms with Crippen molar-refractivity contribution < 1.29 is 13.2 Å². The first-order valence-corrected chi connectivity index (χ1v) is 9.10. The first-order chi connectivity index (χ1) is 10.4. The van der Waals surface area contributed by atoms with Crippen LogP contribution in [-0.2, 0) is 21.1 Å². The molecule has 3 rings (SSSR count). The fourth-order valence-electron chi connectivity index (χ4n) is 2.76. The molecule has 0 saturated heterocycles. The van der Waals surface area contributed by atoms with Crippen LogP contribution in [0.1, 0.15) is 30.9 Å². The number of carbonyl (C=O) groups is 1. The Hall–Kier alpha value is -2.01. The lowest BCUT2D eigenvalue weighted by Crippen LogP contribution is -1.98. The van der Waals surface area contributed by atoms with Gasteiger partial charge >= 0.3 is 0 Å². The van der Waals surface area contributed by atoms with E-state index in [1.54, 1.807) is 24.4 Å². The molecule has 0 unspecified atom stereocenters. The Morgan fingerprint density at radius 3 is 2.68 bits per heavy atom. The van der Waals surface area contributed by atoms with E-state index in [0.717, 1.165) is 35.3 Å². The maximum absolute atomic E-state index is 12.2. The molecular weight excluding hydrogens is 298 g/mol. The second kappa shape index (κ2) is 5.32. The minimum atomic E-state index is -3.28. The number of hydrogen-bond acceptors (Lipinski definition) is 4. The Bertz CT molecular complexity index is 858. The first-order valence-electron chi connectivity index (χ1n) is 7.21. The summed E-state index contributed by atoms with van der Waals surface area (Å²) in [5.41, 5.74) is 4.32. The quantitative estimate of drug-likeness (QED) is 0.806. The molecule has 1 heterocycles. The van der Waals surface area contributed by atoms with E-state index in [1.807, 2.05) is 6.08 Å². The number of ketones is 1. The number of allylic oxidation sites excluding steroid dienone is 3. The summed E-state index contributed by atoms with van der Waals surface area (Å²) in [4.78, 5) is 16.8. The number of hydrogen-bond donors (Lipinski definition) is 0. The van der Waals surface area contributed by atoms with Gasteiger partial charge in [0.15, 0.2) is 15.6 Å². The molecule has 4 nitrogen and oxygen atoms in total. The van der Waals surface area contributed by atoms with Crippen molar-refractivity contribution in [3.8, 4) is 0 Å². The standard InChI is InChI=1S/C17H17NO3S/c1-3-13-6-11(10-18-13)7-16-15-9-14(22(2,20)21)5-4-12(15)8-17(16)19/h4-5,7,9-10H,3,6,8H2,1-2H3/b16-7-. The third-order valence-electron chi connectivity index (χ3n) is 4.01. The molecule has 114 valence electrons. The fraction of sp³-hybridized carbons (Fsp3) is 0.294. The van der Waals surface area contributed by atoms with Crippen molar-refractivity contribution >= 4 is 26.9 Å². The molecule has 5 heteroatoms. The van der Waals surface area contributed by atoms with Crippen molar-refractivity contribution in [2.45, 2.75) is 31.1 Å².